The van der Waals surface area contributed by atoms with Crippen LogP contribution in [0.25, 0.3) is 0 Å². The van der Waals surface area contributed by atoms with Crippen molar-refractivity contribution in [3.05, 3.63) is 64.7 Å². The topological polar surface area (TPSA) is 130 Å². The molecule has 1 N–H and O–H groups in total. The van der Waals surface area contributed by atoms with Gasteiger partial charge >= 0.3 is 18.2 Å². The first kappa shape index (κ1) is 32.7. The molecule has 246 valence electrons. The molecule has 46 heavy (non-hydrogen) atoms. The van der Waals surface area contributed by atoms with Gasteiger partial charge in [0.1, 0.15) is 24.6 Å². The average molecular weight is 646 g/mol. The second kappa shape index (κ2) is 13.0. The van der Waals surface area contributed by atoms with E-state index >= 15 is 0 Å². The Kier molecular flexibility index (Phi) is 9.24. The minimum atomic E-state index is -5.13. The van der Waals surface area contributed by atoms with Crippen LogP contribution in [0.15, 0.2) is 47.5 Å². The number of hydrogen-bond acceptors (Lipinski definition) is 7. The summed E-state index contributed by atoms with van der Waals surface area (Å²) < 4.78 is 50.8. The molecule has 4 amide bonds. The fraction of sp³-hybridized carbons (Fsp3) is 0.452. The van der Waals surface area contributed by atoms with Crippen molar-refractivity contribution in [3.63, 3.8) is 0 Å². The highest BCUT2D eigenvalue weighted by atomic mass is 19.4. The Bertz CT molecular complexity index is 1520. The van der Waals surface area contributed by atoms with Crippen molar-refractivity contribution in [3.8, 4) is 5.75 Å². The van der Waals surface area contributed by atoms with Crippen LogP contribution < -0.4 is 10.1 Å². The standard InChI is InChI=1S/C31H34F3N5O7/c1-30(2,3)46-29(43)35-15-19-10-11-37(16-19)28(36-27(42)31(32,33)34)38-17-20-8-9-22(14-21(20)18-38)44-12-13-45-39-25(40)23-6-4-5-7-24(23)26(39)41/h4-9,14,19H,10-13,15-18H2,1-3H3,(H,35,43)/b36-28+. The lowest BCUT2D eigenvalue weighted by Gasteiger charge is -2.29. The average Bonchev–Trinajstić information content (AvgIpc) is 3.69. The fourth-order valence-electron chi connectivity index (χ4n) is 5.39. The van der Waals surface area contributed by atoms with Gasteiger partial charge in [0.2, 0.25) is 5.96 Å². The molecule has 0 saturated carbocycles. The number of nitrogens with zero attached hydrogens (tertiary/aromatic N) is 4. The maximum absolute atomic E-state index is 13.3. The zero-order chi connectivity index (χ0) is 33.2. The first-order valence-electron chi connectivity index (χ1n) is 14.7. The molecule has 2 aromatic carbocycles. The van der Waals surface area contributed by atoms with Crippen molar-refractivity contribution >= 4 is 29.8 Å². The van der Waals surface area contributed by atoms with Gasteiger partial charge in [-0.1, -0.05) is 18.2 Å². The molecule has 3 aliphatic heterocycles. The molecule has 0 aromatic heterocycles. The fourth-order valence-corrected chi connectivity index (χ4v) is 5.39. The van der Waals surface area contributed by atoms with Gasteiger partial charge in [0.05, 0.1) is 11.1 Å². The zero-order valence-corrected chi connectivity index (χ0v) is 25.6. The molecule has 3 heterocycles. The number of hydrogen-bond donors (Lipinski definition) is 1. The van der Waals surface area contributed by atoms with Crippen molar-refractivity contribution in [1.82, 2.24) is 20.2 Å². The van der Waals surface area contributed by atoms with Crippen molar-refractivity contribution in [2.45, 2.75) is 52.1 Å². The summed E-state index contributed by atoms with van der Waals surface area (Å²) in [4.78, 5) is 61.0. The SMILES string of the molecule is CC(C)(C)OC(=O)NCC1CCN(/C(=N\C(=O)C(F)(F)F)N2Cc3ccc(OCCON4C(=O)c5ccccc5C4=O)cc3C2)C1. The molecule has 12 nitrogen and oxygen atoms in total. The van der Waals surface area contributed by atoms with Crippen molar-refractivity contribution in [2.24, 2.45) is 10.9 Å². The number of likely N-dealkylation sites (tertiary alicyclic amines) is 1. The Hall–Kier alpha value is -4.66. The molecule has 1 atom stereocenters. The molecule has 0 radical (unpaired) electrons. The molecule has 5 rings (SSSR count). The molecule has 0 aliphatic carbocycles. The van der Waals surface area contributed by atoms with E-state index in [1.54, 1.807) is 73.0 Å². The number of alkyl halides is 3. The highest BCUT2D eigenvalue weighted by Gasteiger charge is 2.41. The van der Waals surface area contributed by atoms with Crippen molar-refractivity contribution in [2.75, 3.05) is 32.8 Å². The smallest absolute Gasteiger partial charge is 0.473 e. The number of halogens is 3. The predicted molar refractivity (Wildman–Crippen MR) is 156 cm³/mol. The third kappa shape index (κ3) is 7.58. The monoisotopic (exact) mass is 645 g/mol. The zero-order valence-electron chi connectivity index (χ0n) is 25.6. The lowest BCUT2D eigenvalue weighted by molar-refractivity contribution is -0.169. The highest BCUT2D eigenvalue weighted by molar-refractivity contribution is 6.20. The van der Waals surface area contributed by atoms with E-state index in [9.17, 15) is 32.3 Å². The lowest BCUT2D eigenvalue weighted by Crippen LogP contribution is -2.43. The summed E-state index contributed by atoms with van der Waals surface area (Å²) in [6, 6.07) is 11.6. The number of guanidine groups is 1. The number of ether oxygens (including phenoxy) is 2. The number of rotatable bonds is 7. The maximum atomic E-state index is 13.3. The minimum Gasteiger partial charge on any atom is -0.491 e. The number of nitrogens with one attached hydrogen (secondary N) is 1. The van der Waals surface area contributed by atoms with E-state index in [1.165, 1.54) is 0 Å². The van der Waals surface area contributed by atoms with Gasteiger partial charge in [0.15, 0.2) is 0 Å². The van der Waals surface area contributed by atoms with Gasteiger partial charge in [0.25, 0.3) is 11.8 Å². The van der Waals surface area contributed by atoms with Crippen LogP contribution >= 0.6 is 0 Å². The maximum Gasteiger partial charge on any atom is 0.473 e. The van der Waals surface area contributed by atoms with Gasteiger partial charge in [0, 0.05) is 32.7 Å². The van der Waals surface area contributed by atoms with Crippen LogP contribution in [0.4, 0.5) is 18.0 Å². The Balaban J connectivity index is 1.18. The molecule has 0 spiro atoms. The van der Waals surface area contributed by atoms with E-state index < -0.39 is 35.6 Å². The number of amides is 4. The number of hydroxylamine groups is 2. The van der Waals surface area contributed by atoms with Crippen LogP contribution in [0, 0.1) is 5.92 Å². The first-order chi connectivity index (χ1) is 21.7. The second-order valence-electron chi connectivity index (χ2n) is 12.1. The number of aliphatic imine (C=N–C) groups is 1. The molecule has 0 bridgehead atoms. The summed E-state index contributed by atoms with van der Waals surface area (Å²) in [5.74, 6) is -3.03. The van der Waals surface area contributed by atoms with Crippen LogP contribution in [0.3, 0.4) is 0 Å². The van der Waals surface area contributed by atoms with Crippen LogP contribution in [0.1, 0.15) is 59.0 Å². The summed E-state index contributed by atoms with van der Waals surface area (Å²) in [6.07, 6.45) is -5.16. The Morgan fingerprint density at radius 3 is 2.28 bits per heavy atom. The van der Waals surface area contributed by atoms with Crippen molar-refractivity contribution in [1.29, 1.82) is 0 Å². The lowest BCUT2D eigenvalue weighted by atomic mass is 10.1. The molecule has 1 fully saturated rings. The van der Waals surface area contributed by atoms with Gasteiger partial charge < -0.3 is 24.6 Å². The largest absolute Gasteiger partial charge is 0.491 e. The Labute approximate surface area is 263 Å². The summed E-state index contributed by atoms with van der Waals surface area (Å²) >= 11 is 0. The van der Waals surface area contributed by atoms with E-state index in [4.69, 9.17) is 14.3 Å². The Morgan fingerprint density at radius 2 is 1.63 bits per heavy atom. The van der Waals surface area contributed by atoms with E-state index in [0.717, 1.165) is 11.1 Å². The third-order valence-corrected chi connectivity index (χ3v) is 7.46. The number of carbonyl (C=O) groups is 4. The molecule has 15 heteroatoms. The number of fused-ring (bicyclic) bond motifs is 2. The number of carbonyl (C=O) groups excluding carboxylic acids is 4. The number of alkyl carbamates (subject to hydrolysis) is 1. The molecule has 3 aliphatic rings. The van der Waals surface area contributed by atoms with Crippen LogP contribution in [-0.4, -0.2) is 89.3 Å². The van der Waals surface area contributed by atoms with Gasteiger partial charge in [-0.15, -0.1) is 5.06 Å². The van der Waals surface area contributed by atoms with Gasteiger partial charge in [-0.05, 0) is 68.5 Å². The molecule has 2 aromatic rings. The summed E-state index contributed by atoms with van der Waals surface area (Å²) in [5, 5.41) is 3.40. The van der Waals surface area contributed by atoms with Crippen LogP contribution in [-0.2, 0) is 27.5 Å². The normalized spacial score (nSPS) is 18.2. The first-order valence-corrected chi connectivity index (χ1v) is 14.7. The van der Waals surface area contributed by atoms with Crippen LogP contribution in [0.2, 0.25) is 0 Å². The summed E-state index contributed by atoms with van der Waals surface area (Å²) in [5.41, 5.74) is 1.45. The van der Waals surface area contributed by atoms with E-state index in [0.29, 0.717) is 23.8 Å². The molecule has 1 unspecified atom stereocenters. The molecular weight excluding hydrogens is 611 g/mol. The minimum absolute atomic E-state index is 0.00912. The number of benzene rings is 2. The van der Waals surface area contributed by atoms with Gasteiger partial charge in [-0.2, -0.15) is 18.2 Å². The van der Waals surface area contributed by atoms with Crippen LogP contribution in [0.5, 0.6) is 5.75 Å². The predicted octanol–water partition coefficient (Wildman–Crippen LogP) is 3.90. The third-order valence-electron chi connectivity index (χ3n) is 7.46. The summed E-state index contributed by atoms with van der Waals surface area (Å²) in [7, 11) is 0. The summed E-state index contributed by atoms with van der Waals surface area (Å²) in [6.45, 7) is 6.42. The quantitative estimate of drug-likeness (QED) is 0.206. The van der Waals surface area contributed by atoms with Crippen molar-refractivity contribution < 1.29 is 46.7 Å². The van der Waals surface area contributed by atoms with E-state index in [2.05, 4.69) is 10.3 Å². The number of imide groups is 1. The van der Waals surface area contributed by atoms with Gasteiger partial charge in [-0.3, -0.25) is 19.2 Å². The van der Waals surface area contributed by atoms with E-state index in [1.807, 2.05) is 0 Å². The van der Waals surface area contributed by atoms with Gasteiger partial charge in [-0.25, -0.2) is 4.79 Å². The second-order valence-corrected chi connectivity index (χ2v) is 12.1. The van der Waals surface area contributed by atoms with E-state index in [-0.39, 0.29) is 62.4 Å². The Morgan fingerprint density at radius 1 is 0.957 bits per heavy atom. The molecular formula is C31H34F3N5O7. The highest BCUT2D eigenvalue weighted by Crippen LogP contribution is 2.30. The molecule has 1 saturated heterocycles.